The Morgan fingerprint density at radius 3 is 2.07 bits per heavy atom. The summed E-state index contributed by atoms with van der Waals surface area (Å²) in [5, 5.41) is 7.24. The molecule has 234 valence electrons. The molecule has 0 bridgehead atoms. The van der Waals surface area contributed by atoms with Crippen LogP contribution in [-0.4, -0.2) is 57.7 Å². The van der Waals surface area contributed by atoms with Crippen molar-refractivity contribution in [1.29, 1.82) is 0 Å². The van der Waals surface area contributed by atoms with Crippen molar-refractivity contribution < 1.29 is 35.9 Å². The molecular weight excluding hydrogens is 588 g/mol. The predicted molar refractivity (Wildman–Crippen MR) is 149 cm³/mol. The normalized spacial score (nSPS) is 19.8. The van der Waals surface area contributed by atoms with Crippen LogP contribution in [-0.2, 0) is 12.4 Å². The molecule has 1 aromatic heterocycles. The molecule has 3 heterocycles. The number of urea groups is 1. The molecule has 3 fully saturated rings. The third kappa shape index (κ3) is 6.14. The molecule has 3 amide bonds. The zero-order valence-electron chi connectivity index (χ0n) is 23.7. The lowest BCUT2D eigenvalue weighted by atomic mass is 9.93. The lowest BCUT2D eigenvalue weighted by molar-refractivity contribution is -0.138. The van der Waals surface area contributed by atoms with E-state index in [1.54, 1.807) is 22.1 Å². The monoisotopic (exact) mass is 619 g/mol. The summed E-state index contributed by atoms with van der Waals surface area (Å²) >= 11 is 0. The lowest BCUT2D eigenvalue weighted by Gasteiger charge is -2.33. The molecule has 13 heteroatoms. The summed E-state index contributed by atoms with van der Waals surface area (Å²) in [6, 6.07) is 9.35. The van der Waals surface area contributed by atoms with E-state index in [9.17, 15) is 35.9 Å². The standard InChI is InChI=1S/C31H31F6N5O2/c32-30(33,34)21-7-9-22(10-8-21)39-29(44)40-15-12-23(13-16-40)42-27(19-5-6-19)25(17-38-42)28(43)41-14-11-20(18-41)24-3-1-2-4-26(24)31(35,36)37/h1-4,7-10,17,19-20,23H,5-6,11-16,18H2,(H,39,44). The molecule has 1 N–H and O–H groups in total. The van der Waals surface area contributed by atoms with Gasteiger partial charge in [0.2, 0.25) is 0 Å². The van der Waals surface area contributed by atoms with Crippen molar-refractivity contribution in [3.05, 3.63) is 82.7 Å². The highest BCUT2D eigenvalue weighted by Gasteiger charge is 2.40. The summed E-state index contributed by atoms with van der Waals surface area (Å²) in [6.45, 7) is 1.36. The summed E-state index contributed by atoms with van der Waals surface area (Å²) in [5.41, 5.74) is 0.354. The van der Waals surface area contributed by atoms with Gasteiger partial charge in [-0.2, -0.15) is 31.4 Å². The van der Waals surface area contributed by atoms with Crippen LogP contribution in [0.3, 0.4) is 0 Å². The van der Waals surface area contributed by atoms with Crippen LogP contribution in [0.2, 0.25) is 0 Å². The average Bonchev–Trinajstić information content (AvgIpc) is 3.53. The number of piperidine rings is 1. The zero-order chi connectivity index (χ0) is 31.2. The maximum Gasteiger partial charge on any atom is 0.416 e. The first-order chi connectivity index (χ1) is 20.9. The molecule has 0 spiro atoms. The molecule has 1 aliphatic carbocycles. The molecule has 1 unspecified atom stereocenters. The van der Waals surface area contributed by atoms with E-state index in [2.05, 4.69) is 10.4 Å². The van der Waals surface area contributed by atoms with Gasteiger partial charge in [-0.25, -0.2) is 4.79 Å². The number of nitrogens with one attached hydrogen (secondary N) is 1. The summed E-state index contributed by atoms with van der Waals surface area (Å²) in [4.78, 5) is 29.7. The van der Waals surface area contributed by atoms with Gasteiger partial charge in [-0.05, 0) is 68.0 Å². The van der Waals surface area contributed by atoms with Gasteiger partial charge in [-0.1, -0.05) is 18.2 Å². The quantitative estimate of drug-likeness (QED) is 0.305. The summed E-state index contributed by atoms with van der Waals surface area (Å²) in [6.07, 6.45) is -3.92. The molecular formula is C31H31F6N5O2. The summed E-state index contributed by atoms with van der Waals surface area (Å²) in [5.74, 6) is -0.449. The van der Waals surface area contributed by atoms with Gasteiger partial charge in [-0.3, -0.25) is 9.48 Å². The van der Waals surface area contributed by atoms with Crippen molar-refractivity contribution in [2.45, 2.75) is 62.3 Å². The van der Waals surface area contributed by atoms with E-state index in [0.29, 0.717) is 44.5 Å². The maximum absolute atomic E-state index is 13.7. The van der Waals surface area contributed by atoms with Crippen LogP contribution in [0, 0.1) is 0 Å². The van der Waals surface area contributed by atoms with Crippen LogP contribution in [0.4, 0.5) is 36.8 Å². The first kappa shape index (κ1) is 30.0. The number of halogens is 6. The summed E-state index contributed by atoms with van der Waals surface area (Å²) < 4.78 is 81.2. The smallest absolute Gasteiger partial charge is 0.338 e. The Morgan fingerprint density at radius 2 is 1.43 bits per heavy atom. The fourth-order valence-corrected chi connectivity index (χ4v) is 6.33. The number of aromatic nitrogens is 2. The average molecular weight is 620 g/mol. The Labute approximate surface area is 249 Å². The first-order valence-corrected chi connectivity index (χ1v) is 14.7. The Bertz CT molecular complexity index is 1520. The molecule has 2 aliphatic heterocycles. The maximum atomic E-state index is 13.7. The lowest BCUT2D eigenvalue weighted by Crippen LogP contribution is -2.41. The van der Waals surface area contributed by atoms with Crippen molar-refractivity contribution in [3.8, 4) is 0 Å². The Kier molecular flexibility index (Phi) is 7.83. The highest BCUT2D eigenvalue weighted by molar-refractivity contribution is 5.95. The van der Waals surface area contributed by atoms with E-state index in [-0.39, 0.29) is 35.7 Å². The van der Waals surface area contributed by atoms with Crippen molar-refractivity contribution in [1.82, 2.24) is 19.6 Å². The first-order valence-electron chi connectivity index (χ1n) is 14.7. The van der Waals surface area contributed by atoms with Gasteiger partial charge in [0.1, 0.15) is 0 Å². The van der Waals surface area contributed by atoms with Crippen LogP contribution >= 0.6 is 0 Å². The minimum absolute atomic E-state index is 0.0488. The minimum atomic E-state index is -4.47. The van der Waals surface area contributed by atoms with Crippen LogP contribution in [0.15, 0.2) is 54.7 Å². The third-order valence-electron chi connectivity index (χ3n) is 8.77. The van der Waals surface area contributed by atoms with Gasteiger partial charge in [0.25, 0.3) is 5.91 Å². The van der Waals surface area contributed by atoms with Crippen LogP contribution in [0.5, 0.6) is 0 Å². The van der Waals surface area contributed by atoms with Crippen LogP contribution in [0.1, 0.15) is 82.7 Å². The fourth-order valence-electron chi connectivity index (χ4n) is 6.33. The third-order valence-corrected chi connectivity index (χ3v) is 8.77. The predicted octanol–water partition coefficient (Wildman–Crippen LogP) is 7.30. The second-order valence-corrected chi connectivity index (χ2v) is 11.7. The van der Waals surface area contributed by atoms with Crippen molar-refractivity contribution >= 4 is 17.6 Å². The topological polar surface area (TPSA) is 70.5 Å². The SMILES string of the molecule is O=C(Nc1ccc(C(F)(F)F)cc1)N1CCC(n2ncc(C(=O)N3CCC(c4ccccc4C(F)(F)F)C3)c2C2CC2)CC1. The molecule has 6 rings (SSSR count). The van der Waals surface area contributed by atoms with E-state index >= 15 is 0 Å². The van der Waals surface area contributed by atoms with Gasteiger partial charge < -0.3 is 15.1 Å². The number of likely N-dealkylation sites (tertiary alicyclic amines) is 2. The van der Waals surface area contributed by atoms with Crippen LogP contribution < -0.4 is 5.32 Å². The van der Waals surface area contributed by atoms with Gasteiger partial charge >= 0.3 is 18.4 Å². The minimum Gasteiger partial charge on any atom is -0.338 e. The molecule has 44 heavy (non-hydrogen) atoms. The number of hydrogen-bond acceptors (Lipinski definition) is 3. The Balaban J connectivity index is 1.10. The fraction of sp³-hybridized carbons (Fsp3) is 0.452. The van der Waals surface area contributed by atoms with E-state index in [1.807, 2.05) is 4.68 Å². The van der Waals surface area contributed by atoms with Gasteiger partial charge in [0, 0.05) is 43.7 Å². The number of carbonyl (C=O) groups excluding carboxylic acids is 2. The van der Waals surface area contributed by atoms with Gasteiger partial charge in [0.05, 0.1) is 34.6 Å². The molecule has 3 aliphatic rings. The highest BCUT2D eigenvalue weighted by Crippen LogP contribution is 2.44. The van der Waals surface area contributed by atoms with Gasteiger partial charge in [0.15, 0.2) is 0 Å². The molecule has 3 aromatic rings. The number of alkyl halides is 6. The molecule has 0 radical (unpaired) electrons. The van der Waals surface area contributed by atoms with E-state index in [4.69, 9.17) is 0 Å². The number of benzene rings is 2. The van der Waals surface area contributed by atoms with Crippen molar-refractivity contribution in [3.63, 3.8) is 0 Å². The van der Waals surface area contributed by atoms with Gasteiger partial charge in [-0.15, -0.1) is 0 Å². The Morgan fingerprint density at radius 1 is 0.773 bits per heavy atom. The second kappa shape index (κ2) is 11.5. The Hall–Kier alpha value is -4.03. The van der Waals surface area contributed by atoms with Crippen molar-refractivity contribution in [2.24, 2.45) is 0 Å². The molecule has 1 saturated carbocycles. The van der Waals surface area contributed by atoms with Crippen LogP contribution in [0.25, 0.3) is 0 Å². The number of rotatable bonds is 5. The molecule has 2 aromatic carbocycles. The van der Waals surface area contributed by atoms with E-state index < -0.39 is 35.4 Å². The number of anilines is 1. The largest absolute Gasteiger partial charge is 0.416 e. The number of hydrogen-bond donors (Lipinski definition) is 1. The molecule has 1 atom stereocenters. The number of amides is 3. The highest BCUT2D eigenvalue weighted by atomic mass is 19.4. The molecule has 2 saturated heterocycles. The molecule has 7 nitrogen and oxygen atoms in total. The second-order valence-electron chi connectivity index (χ2n) is 11.7. The summed E-state index contributed by atoms with van der Waals surface area (Å²) in [7, 11) is 0. The number of nitrogens with zero attached hydrogens (tertiary/aromatic N) is 4. The number of carbonyl (C=O) groups is 2. The van der Waals surface area contributed by atoms with E-state index in [1.165, 1.54) is 24.3 Å². The zero-order valence-corrected chi connectivity index (χ0v) is 23.7. The van der Waals surface area contributed by atoms with E-state index in [0.717, 1.165) is 36.7 Å². The van der Waals surface area contributed by atoms with Crippen molar-refractivity contribution in [2.75, 3.05) is 31.5 Å².